The van der Waals surface area contributed by atoms with Crippen LogP contribution in [-0.2, 0) is 17.8 Å². The molecule has 4 unspecified atom stereocenters. The average molecular weight is 272 g/mol. The Labute approximate surface area is 121 Å². The molecular formula is C17H24N2O. The van der Waals surface area contributed by atoms with Crippen molar-refractivity contribution in [3.05, 3.63) is 35.4 Å². The van der Waals surface area contributed by atoms with Crippen LogP contribution in [0.25, 0.3) is 0 Å². The lowest BCUT2D eigenvalue weighted by molar-refractivity contribution is -0.124. The molecule has 108 valence electrons. The van der Waals surface area contributed by atoms with Crippen molar-refractivity contribution in [1.82, 2.24) is 10.6 Å². The van der Waals surface area contributed by atoms with Crippen molar-refractivity contribution in [3.8, 4) is 0 Å². The SMILES string of the molecule is CC1CCC(NC(=O)C2Cc3ccccc3CN2)C1C. The minimum Gasteiger partial charge on any atom is -0.352 e. The molecular weight excluding hydrogens is 248 g/mol. The zero-order valence-corrected chi connectivity index (χ0v) is 12.4. The first kappa shape index (κ1) is 13.6. The van der Waals surface area contributed by atoms with E-state index in [1.165, 1.54) is 17.5 Å². The maximum atomic E-state index is 12.4. The number of nitrogens with one attached hydrogen (secondary N) is 2. The van der Waals surface area contributed by atoms with Crippen LogP contribution in [0.4, 0.5) is 0 Å². The molecule has 1 amide bonds. The van der Waals surface area contributed by atoms with Gasteiger partial charge >= 0.3 is 0 Å². The second kappa shape index (κ2) is 5.57. The number of hydrogen-bond acceptors (Lipinski definition) is 2. The highest BCUT2D eigenvalue weighted by Crippen LogP contribution is 2.31. The van der Waals surface area contributed by atoms with E-state index in [9.17, 15) is 4.79 Å². The Morgan fingerprint density at radius 3 is 2.65 bits per heavy atom. The molecule has 2 aliphatic rings. The molecule has 1 fully saturated rings. The summed E-state index contributed by atoms with van der Waals surface area (Å²) in [6.07, 6.45) is 3.16. The first-order valence-corrected chi connectivity index (χ1v) is 7.75. The molecule has 1 aliphatic carbocycles. The summed E-state index contributed by atoms with van der Waals surface area (Å²) in [6, 6.07) is 8.67. The average Bonchev–Trinajstić information content (AvgIpc) is 2.78. The highest BCUT2D eigenvalue weighted by atomic mass is 16.2. The summed E-state index contributed by atoms with van der Waals surface area (Å²) in [5.41, 5.74) is 2.62. The first-order valence-electron chi connectivity index (χ1n) is 7.75. The summed E-state index contributed by atoms with van der Waals surface area (Å²) in [5, 5.41) is 6.62. The van der Waals surface area contributed by atoms with Gasteiger partial charge in [0, 0.05) is 12.6 Å². The fourth-order valence-electron chi connectivity index (χ4n) is 3.49. The van der Waals surface area contributed by atoms with Crippen LogP contribution in [-0.4, -0.2) is 18.0 Å². The van der Waals surface area contributed by atoms with Gasteiger partial charge in [0.2, 0.25) is 5.91 Å². The molecule has 3 heteroatoms. The zero-order valence-electron chi connectivity index (χ0n) is 12.4. The number of rotatable bonds is 2. The van der Waals surface area contributed by atoms with Gasteiger partial charge in [0.25, 0.3) is 0 Å². The van der Waals surface area contributed by atoms with Crippen LogP contribution in [0.15, 0.2) is 24.3 Å². The summed E-state index contributed by atoms with van der Waals surface area (Å²) in [5.74, 6) is 1.49. The molecule has 1 aromatic carbocycles. The quantitative estimate of drug-likeness (QED) is 0.867. The first-order chi connectivity index (χ1) is 9.65. The van der Waals surface area contributed by atoms with Crippen molar-refractivity contribution in [2.75, 3.05) is 0 Å². The Hall–Kier alpha value is -1.35. The summed E-state index contributed by atoms with van der Waals surface area (Å²) in [7, 11) is 0. The van der Waals surface area contributed by atoms with Gasteiger partial charge in [0.15, 0.2) is 0 Å². The molecule has 0 spiro atoms. The van der Waals surface area contributed by atoms with E-state index >= 15 is 0 Å². The molecule has 3 nitrogen and oxygen atoms in total. The number of carbonyl (C=O) groups is 1. The highest BCUT2D eigenvalue weighted by Gasteiger charge is 2.33. The van der Waals surface area contributed by atoms with Gasteiger partial charge in [-0.15, -0.1) is 0 Å². The molecule has 0 radical (unpaired) electrons. The summed E-state index contributed by atoms with van der Waals surface area (Å²) in [4.78, 5) is 12.4. The molecule has 1 aliphatic heterocycles. The van der Waals surface area contributed by atoms with Crippen molar-refractivity contribution >= 4 is 5.91 Å². The van der Waals surface area contributed by atoms with Crippen molar-refractivity contribution in [2.45, 2.75) is 51.7 Å². The van der Waals surface area contributed by atoms with Crippen LogP contribution in [0.1, 0.15) is 37.8 Å². The van der Waals surface area contributed by atoms with Crippen LogP contribution >= 0.6 is 0 Å². The Bertz CT molecular complexity index is 500. The van der Waals surface area contributed by atoms with Crippen molar-refractivity contribution < 1.29 is 4.79 Å². The van der Waals surface area contributed by atoms with Crippen LogP contribution in [0, 0.1) is 11.8 Å². The molecule has 1 heterocycles. The van der Waals surface area contributed by atoms with E-state index in [1.54, 1.807) is 0 Å². The molecule has 0 bridgehead atoms. The molecule has 4 atom stereocenters. The highest BCUT2D eigenvalue weighted by molar-refractivity contribution is 5.82. The van der Waals surface area contributed by atoms with Gasteiger partial charge in [-0.25, -0.2) is 0 Å². The number of hydrogen-bond donors (Lipinski definition) is 2. The molecule has 1 aromatic rings. The fourth-order valence-corrected chi connectivity index (χ4v) is 3.49. The maximum Gasteiger partial charge on any atom is 0.237 e. The zero-order chi connectivity index (χ0) is 14.1. The molecule has 3 rings (SSSR count). The second-order valence-corrected chi connectivity index (χ2v) is 6.44. The second-order valence-electron chi connectivity index (χ2n) is 6.44. The maximum absolute atomic E-state index is 12.4. The molecule has 0 saturated heterocycles. The Kier molecular flexibility index (Phi) is 3.79. The number of carbonyl (C=O) groups excluding carboxylic acids is 1. The van der Waals surface area contributed by atoms with Gasteiger partial charge in [-0.1, -0.05) is 38.1 Å². The Morgan fingerprint density at radius 2 is 1.95 bits per heavy atom. The fraction of sp³-hybridized carbons (Fsp3) is 0.588. The number of amides is 1. The van der Waals surface area contributed by atoms with Crippen LogP contribution in [0.2, 0.25) is 0 Å². The summed E-state index contributed by atoms with van der Waals surface area (Å²) in [6.45, 7) is 5.34. The lowest BCUT2D eigenvalue weighted by Crippen LogP contribution is -2.51. The third-order valence-electron chi connectivity index (χ3n) is 5.19. The van der Waals surface area contributed by atoms with Gasteiger partial charge in [-0.3, -0.25) is 4.79 Å². The third-order valence-corrected chi connectivity index (χ3v) is 5.19. The van der Waals surface area contributed by atoms with E-state index in [1.807, 2.05) is 0 Å². The Morgan fingerprint density at radius 1 is 1.20 bits per heavy atom. The van der Waals surface area contributed by atoms with E-state index in [0.29, 0.717) is 12.0 Å². The lowest BCUT2D eigenvalue weighted by atomic mass is 9.94. The van der Waals surface area contributed by atoms with Gasteiger partial charge in [-0.2, -0.15) is 0 Å². The number of benzene rings is 1. The predicted octanol–water partition coefficient (Wildman–Crippen LogP) is 2.25. The van der Waals surface area contributed by atoms with Crippen molar-refractivity contribution in [3.63, 3.8) is 0 Å². The van der Waals surface area contributed by atoms with Crippen molar-refractivity contribution in [2.24, 2.45) is 11.8 Å². The van der Waals surface area contributed by atoms with Gasteiger partial charge in [-0.05, 0) is 42.2 Å². The van der Waals surface area contributed by atoms with E-state index in [0.717, 1.165) is 25.3 Å². The van der Waals surface area contributed by atoms with E-state index in [4.69, 9.17) is 0 Å². The van der Waals surface area contributed by atoms with Gasteiger partial charge in [0.05, 0.1) is 6.04 Å². The lowest BCUT2D eigenvalue weighted by Gasteiger charge is -2.28. The van der Waals surface area contributed by atoms with Crippen LogP contribution < -0.4 is 10.6 Å². The monoisotopic (exact) mass is 272 g/mol. The van der Waals surface area contributed by atoms with Crippen molar-refractivity contribution in [1.29, 1.82) is 0 Å². The summed E-state index contributed by atoms with van der Waals surface area (Å²) >= 11 is 0. The topological polar surface area (TPSA) is 41.1 Å². The molecule has 1 saturated carbocycles. The third kappa shape index (κ3) is 2.59. The Balaban J connectivity index is 1.62. The normalized spacial score (nSPS) is 32.7. The smallest absolute Gasteiger partial charge is 0.237 e. The van der Waals surface area contributed by atoms with E-state index in [2.05, 4.69) is 48.7 Å². The summed E-state index contributed by atoms with van der Waals surface area (Å²) < 4.78 is 0. The van der Waals surface area contributed by atoms with Gasteiger partial charge < -0.3 is 10.6 Å². The van der Waals surface area contributed by atoms with Crippen LogP contribution in [0.3, 0.4) is 0 Å². The molecule has 2 N–H and O–H groups in total. The van der Waals surface area contributed by atoms with Gasteiger partial charge in [0.1, 0.15) is 0 Å². The minimum atomic E-state index is -0.0759. The predicted molar refractivity (Wildman–Crippen MR) is 80.3 cm³/mol. The molecule has 0 aromatic heterocycles. The van der Waals surface area contributed by atoms with E-state index < -0.39 is 0 Å². The van der Waals surface area contributed by atoms with Crippen LogP contribution in [0.5, 0.6) is 0 Å². The minimum absolute atomic E-state index is 0.0759. The molecule has 20 heavy (non-hydrogen) atoms. The number of fused-ring (bicyclic) bond motifs is 1. The standard InChI is InChI=1S/C17H24N2O/c1-11-7-8-15(12(11)2)19-17(20)16-9-13-5-3-4-6-14(13)10-18-16/h3-6,11-12,15-16,18H,7-10H2,1-2H3,(H,19,20). The van der Waals surface area contributed by atoms with E-state index in [-0.39, 0.29) is 11.9 Å². The largest absolute Gasteiger partial charge is 0.352 e.